The number of unbranched alkanes of at least 4 members (excludes halogenated alkanes) is 4. The van der Waals surface area contributed by atoms with Gasteiger partial charge in [0.15, 0.2) is 0 Å². The standard InChI is InChI=1S/C23H38N2O4/c1-4-5-6-7-8-13-22(26)25(19(2)3)18-23(27)24(16-20-11-9-14-28-20)17-21-12-10-15-29-21/h9,11,14,19,21H,4-8,10,12-13,15-18H2,1-3H3. The van der Waals surface area contributed by atoms with Gasteiger partial charge in [0.2, 0.25) is 11.8 Å². The molecule has 6 heteroatoms. The molecular weight excluding hydrogens is 368 g/mol. The van der Waals surface area contributed by atoms with Crippen LogP contribution >= 0.6 is 0 Å². The van der Waals surface area contributed by atoms with Crippen molar-refractivity contribution < 1.29 is 18.7 Å². The maximum atomic E-state index is 13.1. The number of carbonyl (C=O) groups excluding carboxylic acids is 2. The van der Waals surface area contributed by atoms with Gasteiger partial charge in [-0.3, -0.25) is 9.59 Å². The number of amides is 2. The van der Waals surface area contributed by atoms with Crippen LogP contribution in [0.5, 0.6) is 0 Å². The molecule has 0 aliphatic carbocycles. The van der Waals surface area contributed by atoms with Gasteiger partial charge in [0.25, 0.3) is 0 Å². The molecule has 1 aliphatic rings. The molecule has 164 valence electrons. The predicted molar refractivity (Wildman–Crippen MR) is 113 cm³/mol. The topological polar surface area (TPSA) is 63.0 Å². The maximum Gasteiger partial charge on any atom is 0.242 e. The van der Waals surface area contributed by atoms with Crippen molar-refractivity contribution in [1.29, 1.82) is 0 Å². The van der Waals surface area contributed by atoms with Crippen LogP contribution < -0.4 is 0 Å². The molecule has 1 unspecified atom stereocenters. The molecule has 0 spiro atoms. The van der Waals surface area contributed by atoms with E-state index in [4.69, 9.17) is 9.15 Å². The molecular formula is C23H38N2O4. The zero-order valence-corrected chi connectivity index (χ0v) is 18.4. The average molecular weight is 407 g/mol. The largest absolute Gasteiger partial charge is 0.467 e. The van der Waals surface area contributed by atoms with E-state index in [0.717, 1.165) is 38.1 Å². The zero-order chi connectivity index (χ0) is 21.1. The Morgan fingerprint density at radius 3 is 2.59 bits per heavy atom. The van der Waals surface area contributed by atoms with E-state index in [1.165, 1.54) is 19.3 Å². The Morgan fingerprint density at radius 2 is 1.97 bits per heavy atom. The van der Waals surface area contributed by atoms with Crippen molar-refractivity contribution in [2.45, 2.75) is 90.8 Å². The first-order chi connectivity index (χ1) is 14.0. The van der Waals surface area contributed by atoms with Crippen LogP contribution in [0.15, 0.2) is 22.8 Å². The van der Waals surface area contributed by atoms with Gasteiger partial charge in [-0.1, -0.05) is 32.6 Å². The SMILES string of the molecule is CCCCCCCC(=O)N(CC(=O)N(Cc1ccco1)CC1CCCO1)C(C)C. The Hall–Kier alpha value is -1.82. The molecule has 1 aromatic heterocycles. The first kappa shape index (κ1) is 23.5. The summed E-state index contributed by atoms with van der Waals surface area (Å²) in [6.45, 7) is 7.93. The fourth-order valence-corrected chi connectivity index (χ4v) is 3.71. The first-order valence-electron chi connectivity index (χ1n) is 11.2. The lowest BCUT2D eigenvalue weighted by Crippen LogP contribution is -2.47. The van der Waals surface area contributed by atoms with Crippen LogP contribution in [0.2, 0.25) is 0 Å². The molecule has 0 radical (unpaired) electrons. The Labute approximate surface area is 175 Å². The normalized spacial score (nSPS) is 16.3. The van der Waals surface area contributed by atoms with Gasteiger partial charge in [0, 0.05) is 25.6 Å². The van der Waals surface area contributed by atoms with Crippen LogP contribution in [0.4, 0.5) is 0 Å². The summed E-state index contributed by atoms with van der Waals surface area (Å²) in [6.07, 6.45) is 9.73. The second kappa shape index (κ2) is 12.7. The first-order valence-corrected chi connectivity index (χ1v) is 11.2. The maximum absolute atomic E-state index is 13.1. The molecule has 1 saturated heterocycles. The van der Waals surface area contributed by atoms with E-state index >= 15 is 0 Å². The summed E-state index contributed by atoms with van der Waals surface area (Å²) >= 11 is 0. The monoisotopic (exact) mass is 406 g/mol. The Bertz CT molecular complexity index is 594. The van der Waals surface area contributed by atoms with E-state index in [0.29, 0.717) is 19.5 Å². The molecule has 0 aromatic carbocycles. The fraction of sp³-hybridized carbons (Fsp3) is 0.739. The highest BCUT2D eigenvalue weighted by Gasteiger charge is 2.27. The molecule has 2 heterocycles. The quantitative estimate of drug-likeness (QED) is 0.456. The number of ether oxygens (including phenoxy) is 1. The summed E-state index contributed by atoms with van der Waals surface area (Å²) in [5.41, 5.74) is 0. The molecule has 0 N–H and O–H groups in total. The molecule has 1 aromatic rings. The highest BCUT2D eigenvalue weighted by atomic mass is 16.5. The molecule has 1 atom stereocenters. The second-order valence-corrected chi connectivity index (χ2v) is 8.27. The number of carbonyl (C=O) groups is 2. The molecule has 2 amide bonds. The van der Waals surface area contributed by atoms with E-state index in [9.17, 15) is 9.59 Å². The van der Waals surface area contributed by atoms with Crippen molar-refractivity contribution in [1.82, 2.24) is 9.80 Å². The van der Waals surface area contributed by atoms with Gasteiger partial charge in [-0.2, -0.15) is 0 Å². The minimum Gasteiger partial charge on any atom is -0.467 e. The third-order valence-corrected chi connectivity index (χ3v) is 5.47. The van der Waals surface area contributed by atoms with Crippen LogP contribution in [0.1, 0.15) is 77.9 Å². The van der Waals surface area contributed by atoms with Gasteiger partial charge in [-0.25, -0.2) is 0 Å². The third kappa shape index (κ3) is 8.21. The number of rotatable bonds is 13. The molecule has 1 fully saturated rings. The zero-order valence-electron chi connectivity index (χ0n) is 18.4. The number of hydrogen-bond donors (Lipinski definition) is 0. The molecule has 0 bridgehead atoms. The molecule has 0 saturated carbocycles. The average Bonchev–Trinajstić information content (AvgIpc) is 3.39. The van der Waals surface area contributed by atoms with Gasteiger partial charge >= 0.3 is 0 Å². The van der Waals surface area contributed by atoms with Gasteiger partial charge < -0.3 is 19.0 Å². The van der Waals surface area contributed by atoms with Crippen molar-refractivity contribution in [2.24, 2.45) is 0 Å². The van der Waals surface area contributed by atoms with Crippen molar-refractivity contribution >= 4 is 11.8 Å². The summed E-state index contributed by atoms with van der Waals surface area (Å²) in [5.74, 6) is 0.763. The van der Waals surface area contributed by atoms with Crippen LogP contribution in [-0.4, -0.2) is 53.5 Å². The van der Waals surface area contributed by atoms with Gasteiger partial charge in [0.1, 0.15) is 5.76 Å². The minimum absolute atomic E-state index is 0.00437. The van der Waals surface area contributed by atoms with Gasteiger partial charge in [-0.05, 0) is 45.2 Å². The summed E-state index contributed by atoms with van der Waals surface area (Å²) < 4.78 is 11.2. The van der Waals surface area contributed by atoms with E-state index < -0.39 is 0 Å². The van der Waals surface area contributed by atoms with Crippen molar-refractivity contribution in [3.63, 3.8) is 0 Å². The highest BCUT2D eigenvalue weighted by Crippen LogP contribution is 2.17. The summed E-state index contributed by atoms with van der Waals surface area (Å²) in [7, 11) is 0. The number of hydrogen-bond acceptors (Lipinski definition) is 4. The lowest BCUT2D eigenvalue weighted by molar-refractivity contribution is -0.143. The Balaban J connectivity index is 1.94. The lowest BCUT2D eigenvalue weighted by Gasteiger charge is -2.31. The summed E-state index contributed by atoms with van der Waals surface area (Å²) in [6, 6.07) is 3.69. The molecule has 1 aliphatic heterocycles. The summed E-state index contributed by atoms with van der Waals surface area (Å²) in [4.78, 5) is 29.4. The van der Waals surface area contributed by atoms with Crippen LogP contribution in [-0.2, 0) is 20.9 Å². The van der Waals surface area contributed by atoms with Gasteiger partial charge in [0.05, 0.1) is 25.5 Å². The summed E-state index contributed by atoms with van der Waals surface area (Å²) in [5, 5.41) is 0. The van der Waals surface area contributed by atoms with Crippen LogP contribution in [0, 0.1) is 0 Å². The third-order valence-electron chi connectivity index (χ3n) is 5.47. The second-order valence-electron chi connectivity index (χ2n) is 8.27. The number of nitrogens with zero attached hydrogens (tertiary/aromatic N) is 2. The van der Waals surface area contributed by atoms with E-state index in [2.05, 4.69) is 6.92 Å². The Morgan fingerprint density at radius 1 is 1.17 bits per heavy atom. The van der Waals surface area contributed by atoms with Crippen molar-refractivity contribution in [3.05, 3.63) is 24.2 Å². The molecule has 2 rings (SSSR count). The lowest BCUT2D eigenvalue weighted by atomic mass is 10.1. The highest BCUT2D eigenvalue weighted by molar-refractivity contribution is 5.85. The number of furan rings is 1. The van der Waals surface area contributed by atoms with Crippen LogP contribution in [0.3, 0.4) is 0 Å². The molecule has 29 heavy (non-hydrogen) atoms. The van der Waals surface area contributed by atoms with E-state index in [1.54, 1.807) is 16.1 Å². The fourth-order valence-electron chi connectivity index (χ4n) is 3.71. The Kier molecular flexibility index (Phi) is 10.3. The van der Waals surface area contributed by atoms with Crippen molar-refractivity contribution in [3.8, 4) is 0 Å². The van der Waals surface area contributed by atoms with E-state index in [-0.39, 0.29) is 30.5 Å². The molecule has 6 nitrogen and oxygen atoms in total. The van der Waals surface area contributed by atoms with E-state index in [1.807, 2.05) is 26.0 Å². The van der Waals surface area contributed by atoms with Crippen LogP contribution in [0.25, 0.3) is 0 Å². The van der Waals surface area contributed by atoms with Crippen molar-refractivity contribution in [2.75, 3.05) is 19.7 Å². The minimum atomic E-state index is -0.0510. The van der Waals surface area contributed by atoms with Gasteiger partial charge in [-0.15, -0.1) is 0 Å². The predicted octanol–water partition coefficient (Wildman–Crippen LogP) is 4.38. The smallest absolute Gasteiger partial charge is 0.242 e.